The number of hydrogen-bond donors (Lipinski definition) is 1. The number of carbonyl (C=O) groups is 1. The molecule has 9 nitrogen and oxygen atoms in total. The average molecular weight is 653 g/mol. The van der Waals surface area contributed by atoms with Gasteiger partial charge in [0.1, 0.15) is 17.8 Å². The van der Waals surface area contributed by atoms with Crippen LogP contribution in [0.5, 0.6) is 0 Å². The van der Waals surface area contributed by atoms with Crippen LogP contribution in [-0.4, -0.2) is 46.2 Å². The molecular weight excluding hydrogens is 622 g/mol. The van der Waals surface area contributed by atoms with Crippen LogP contribution in [0.25, 0.3) is 5.69 Å². The van der Waals surface area contributed by atoms with Crippen molar-refractivity contribution in [2.45, 2.75) is 46.2 Å². The maximum atomic E-state index is 12.6. The third-order valence-corrected chi connectivity index (χ3v) is 6.80. The van der Waals surface area contributed by atoms with Crippen molar-refractivity contribution in [1.29, 1.82) is 0 Å². The molecule has 0 aliphatic rings. The lowest BCUT2D eigenvalue weighted by molar-refractivity contribution is -0.383. The van der Waals surface area contributed by atoms with Gasteiger partial charge in [-0.15, -0.1) is 11.6 Å². The van der Waals surface area contributed by atoms with E-state index < -0.39 is 28.2 Å². The van der Waals surface area contributed by atoms with E-state index in [1.165, 1.54) is 11.1 Å². The second-order valence-corrected chi connectivity index (χ2v) is 9.88. The number of amides is 1. The number of nitrogens with zero attached hydrogens (tertiary/aromatic N) is 4. The van der Waals surface area contributed by atoms with Crippen molar-refractivity contribution in [3.8, 4) is 5.69 Å². The van der Waals surface area contributed by atoms with Crippen LogP contribution in [-0.2, 0) is 28.5 Å². The molecule has 0 bridgehead atoms. The smallest absolute Gasteiger partial charge is 0.380 e. The zero-order valence-electron chi connectivity index (χ0n) is 23.2. The van der Waals surface area contributed by atoms with Crippen molar-refractivity contribution in [2.24, 2.45) is 0 Å². The largest absolute Gasteiger partial charge is 0.416 e. The molecule has 1 amide bonds. The molecule has 0 aliphatic carbocycles. The Morgan fingerprint density at radius 2 is 1.69 bits per heavy atom. The molecule has 42 heavy (non-hydrogen) atoms. The number of carbonyl (C=O) groups excluding carboxylic acids is 1. The molecule has 15 heteroatoms. The minimum atomic E-state index is -4.63. The number of aryl methyl sites for hydroxylation is 2. The van der Waals surface area contributed by atoms with Crippen molar-refractivity contribution >= 4 is 57.9 Å². The first kappa shape index (κ1) is 35.1. The minimum Gasteiger partial charge on any atom is -0.380 e. The Kier molecular flexibility index (Phi) is 13.4. The predicted molar refractivity (Wildman–Crippen MR) is 159 cm³/mol. The summed E-state index contributed by atoms with van der Waals surface area (Å²) in [4.78, 5) is 23.9. The van der Waals surface area contributed by atoms with Crippen LogP contribution >= 0.6 is 34.8 Å². The van der Waals surface area contributed by atoms with Gasteiger partial charge in [0.2, 0.25) is 11.7 Å². The molecule has 3 rings (SSSR count). The third kappa shape index (κ3) is 8.73. The summed E-state index contributed by atoms with van der Waals surface area (Å²) in [5, 5.41) is 13.5. The van der Waals surface area contributed by atoms with E-state index in [9.17, 15) is 28.1 Å². The quantitative estimate of drug-likeness (QED) is 0.0993. The average Bonchev–Trinajstić information content (AvgIpc) is 3.32. The summed E-state index contributed by atoms with van der Waals surface area (Å²) < 4.78 is 44.2. The van der Waals surface area contributed by atoms with Crippen LogP contribution in [0, 0.1) is 10.1 Å². The van der Waals surface area contributed by atoms with Gasteiger partial charge in [0.25, 0.3) is 0 Å². The van der Waals surface area contributed by atoms with Gasteiger partial charge in [-0.2, -0.15) is 18.3 Å². The number of aromatic nitrogens is 2. The Morgan fingerprint density at radius 3 is 2.12 bits per heavy atom. The van der Waals surface area contributed by atoms with E-state index in [2.05, 4.69) is 44.1 Å². The lowest BCUT2D eigenvalue weighted by Gasteiger charge is -2.27. The first-order valence-corrected chi connectivity index (χ1v) is 14.2. The van der Waals surface area contributed by atoms with Gasteiger partial charge < -0.3 is 15.4 Å². The van der Waals surface area contributed by atoms with Crippen LogP contribution in [0.3, 0.4) is 0 Å². The number of nitrogen functional groups attached to an aromatic ring is 1. The summed E-state index contributed by atoms with van der Waals surface area (Å²) in [6.07, 6.45) is -1.02. The predicted octanol–water partition coefficient (Wildman–Crippen LogP) is 7.50. The Labute approximate surface area is 256 Å². The molecule has 2 aromatic carbocycles. The van der Waals surface area contributed by atoms with Crippen LogP contribution in [0.4, 0.5) is 30.4 Å². The Hall–Kier alpha value is -3.06. The summed E-state index contributed by atoms with van der Waals surface area (Å²) in [6, 6.07) is 7.48. The van der Waals surface area contributed by atoms with E-state index in [1.807, 2.05) is 0 Å². The SMILES string of the molecule is CCCOCCN(C(=O)CCl)c1c(CC)cccc1CC.Nc1c([N+](=O)[O-])cnn1-c1c(Cl)cc(C(F)(F)F)cc1Cl. The van der Waals surface area contributed by atoms with E-state index in [-0.39, 0.29) is 27.5 Å². The number of alkyl halides is 4. The minimum absolute atomic E-state index is 0.00498. The molecular formula is C27H31Cl3F3N5O4. The fourth-order valence-corrected chi connectivity index (χ4v) is 4.79. The van der Waals surface area contributed by atoms with Gasteiger partial charge in [-0.3, -0.25) is 14.9 Å². The monoisotopic (exact) mass is 651 g/mol. The molecule has 0 spiro atoms. The second-order valence-electron chi connectivity index (χ2n) is 8.79. The van der Waals surface area contributed by atoms with E-state index >= 15 is 0 Å². The van der Waals surface area contributed by atoms with Gasteiger partial charge in [0.05, 0.1) is 32.8 Å². The third-order valence-electron chi connectivity index (χ3n) is 6.00. The van der Waals surface area contributed by atoms with E-state index in [0.29, 0.717) is 25.3 Å². The molecule has 0 unspecified atom stereocenters. The van der Waals surface area contributed by atoms with Gasteiger partial charge >= 0.3 is 11.9 Å². The molecule has 0 aliphatic heterocycles. The summed E-state index contributed by atoms with van der Waals surface area (Å²) >= 11 is 17.3. The first-order valence-electron chi connectivity index (χ1n) is 12.9. The molecule has 1 heterocycles. The number of ether oxygens (including phenoxy) is 1. The highest BCUT2D eigenvalue weighted by atomic mass is 35.5. The molecule has 0 atom stereocenters. The Morgan fingerprint density at radius 1 is 1.12 bits per heavy atom. The maximum Gasteiger partial charge on any atom is 0.416 e. The number of nitrogens with two attached hydrogens (primary N) is 1. The van der Waals surface area contributed by atoms with E-state index in [4.69, 9.17) is 45.3 Å². The van der Waals surface area contributed by atoms with Crippen LogP contribution in [0.1, 0.15) is 43.9 Å². The van der Waals surface area contributed by atoms with E-state index in [1.54, 1.807) is 4.90 Å². The van der Waals surface area contributed by atoms with Crippen molar-refractivity contribution in [1.82, 2.24) is 9.78 Å². The molecule has 0 saturated heterocycles. The highest BCUT2D eigenvalue weighted by molar-refractivity contribution is 6.38. The van der Waals surface area contributed by atoms with E-state index in [0.717, 1.165) is 42.4 Å². The number of halogens is 6. The van der Waals surface area contributed by atoms with Gasteiger partial charge in [-0.25, -0.2) is 4.68 Å². The maximum absolute atomic E-state index is 12.6. The highest BCUT2D eigenvalue weighted by Crippen LogP contribution is 2.39. The number of nitro groups is 1. The fraction of sp³-hybridized carbons (Fsp3) is 0.407. The first-order chi connectivity index (χ1) is 19.8. The molecule has 1 aromatic heterocycles. The number of rotatable bonds is 11. The molecule has 230 valence electrons. The Balaban J connectivity index is 0.000000293. The lowest BCUT2D eigenvalue weighted by atomic mass is 10.0. The molecule has 0 radical (unpaired) electrons. The number of hydrogen-bond acceptors (Lipinski definition) is 6. The van der Waals surface area contributed by atoms with Gasteiger partial charge in [-0.05, 0) is 42.5 Å². The molecule has 0 fully saturated rings. The fourth-order valence-electron chi connectivity index (χ4n) is 4.00. The lowest BCUT2D eigenvalue weighted by Crippen LogP contribution is -2.36. The normalized spacial score (nSPS) is 11.2. The molecule has 3 aromatic rings. The summed E-state index contributed by atoms with van der Waals surface area (Å²) in [6.45, 7) is 8.10. The van der Waals surface area contributed by atoms with Crippen molar-refractivity contribution in [3.05, 3.63) is 73.4 Å². The topological polar surface area (TPSA) is 117 Å². The zero-order valence-corrected chi connectivity index (χ0v) is 25.4. The second kappa shape index (κ2) is 16.0. The van der Waals surface area contributed by atoms with Crippen LogP contribution in [0.15, 0.2) is 36.5 Å². The van der Waals surface area contributed by atoms with Gasteiger partial charge in [0.15, 0.2) is 0 Å². The summed E-state index contributed by atoms with van der Waals surface area (Å²) in [5.41, 5.74) is 7.17. The Bertz CT molecular complexity index is 1340. The number of anilines is 2. The molecule has 0 saturated carbocycles. The standard InChI is InChI=1S/C17H26ClNO2.C10H5Cl2F3N4O2/c1-4-11-21-12-10-19(16(20)13-18)17-14(5-2)8-7-9-15(17)6-3;11-5-1-4(10(13,14)15)2-6(12)8(5)18-9(16)7(3-17-18)19(20)21/h7-9H,4-6,10-13H2,1-3H3;1-3H,16H2. The zero-order chi connectivity index (χ0) is 31.6. The van der Waals surface area contributed by atoms with Gasteiger partial charge in [-0.1, -0.05) is 62.2 Å². The highest BCUT2D eigenvalue weighted by Gasteiger charge is 2.33. The van der Waals surface area contributed by atoms with Gasteiger partial charge in [0, 0.05) is 13.2 Å². The summed E-state index contributed by atoms with van der Waals surface area (Å²) in [5.74, 6) is -0.467. The number of benzene rings is 2. The van der Waals surface area contributed by atoms with Crippen LogP contribution < -0.4 is 10.6 Å². The van der Waals surface area contributed by atoms with Crippen LogP contribution in [0.2, 0.25) is 10.0 Å². The summed E-state index contributed by atoms with van der Waals surface area (Å²) in [7, 11) is 0. The van der Waals surface area contributed by atoms with Crippen molar-refractivity contribution in [2.75, 3.05) is 36.3 Å². The molecule has 2 N–H and O–H groups in total. The van der Waals surface area contributed by atoms with Crippen molar-refractivity contribution < 1.29 is 27.6 Å². The van der Waals surface area contributed by atoms with Crippen molar-refractivity contribution in [3.63, 3.8) is 0 Å². The number of para-hydroxylation sites is 1.